The summed E-state index contributed by atoms with van der Waals surface area (Å²) in [7, 11) is 0. The molecule has 2 heterocycles. The van der Waals surface area contributed by atoms with Crippen LogP contribution in [0.25, 0.3) is 10.8 Å². The summed E-state index contributed by atoms with van der Waals surface area (Å²) in [6.45, 7) is 0. The minimum absolute atomic E-state index is 0.0804. The van der Waals surface area contributed by atoms with Crippen LogP contribution in [0.3, 0.4) is 0 Å². The molecule has 2 aliphatic rings. The molecule has 7 heteroatoms. The Hall–Kier alpha value is -3.74. The molecule has 0 unspecified atom stereocenters. The van der Waals surface area contributed by atoms with Gasteiger partial charge in [0.15, 0.2) is 6.10 Å². The summed E-state index contributed by atoms with van der Waals surface area (Å²) in [5.41, 5.74) is 1.75. The van der Waals surface area contributed by atoms with E-state index in [4.69, 9.17) is 16.4 Å². The van der Waals surface area contributed by atoms with Crippen molar-refractivity contribution >= 4 is 45.6 Å². The first-order chi connectivity index (χ1) is 16.5. The number of rotatable bonds is 3. The third kappa shape index (κ3) is 3.10. The molecule has 0 aliphatic carbocycles. The number of nitrogens with zero attached hydrogens (tertiary/aromatic N) is 2. The van der Waals surface area contributed by atoms with Crippen LogP contribution >= 0.6 is 11.6 Å². The van der Waals surface area contributed by atoms with Gasteiger partial charge < -0.3 is 0 Å². The van der Waals surface area contributed by atoms with Crippen LogP contribution in [-0.2, 0) is 14.4 Å². The van der Waals surface area contributed by atoms with Crippen molar-refractivity contribution in [1.29, 1.82) is 0 Å². The van der Waals surface area contributed by atoms with Gasteiger partial charge in [0.1, 0.15) is 11.7 Å². The van der Waals surface area contributed by atoms with Crippen LogP contribution in [0, 0.1) is 11.7 Å². The fraction of sp³-hybridized carbons (Fsp3) is 0.111. The molecule has 0 bridgehead atoms. The van der Waals surface area contributed by atoms with E-state index in [9.17, 15) is 14.0 Å². The van der Waals surface area contributed by atoms with E-state index in [1.807, 2.05) is 72.8 Å². The number of fused-ring (bicyclic) bond motifs is 2. The molecule has 2 amide bonds. The van der Waals surface area contributed by atoms with Gasteiger partial charge in [0.25, 0.3) is 5.91 Å². The third-order valence-corrected chi connectivity index (χ3v) is 6.74. The lowest BCUT2D eigenvalue weighted by molar-refractivity contribution is -0.126. The number of hydrogen-bond acceptors (Lipinski definition) is 4. The highest BCUT2D eigenvalue weighted by molar-refractivity contribution is 6.31. The van der Waals surface area contributed by atoms with Crippen molar-refractivity contribution in [1.82, 2.24) is 0 Å². The van der Waals surface area contributed by atoms with E-state index >= 15 is 0 Å². The average molecular weight is 473 g/mol. The van der Waals surface area contributed by atoms with Gasteiger partial charge in [-0.05, 0) is 46.7 Å². The Morgan fingerprint density at radius 1 is 0.794 bits per heavy atom. The van der Waals surface area contributed by atoms with Gasteiger partial charge in [0, 0.05) is 0 Å². The van der Waals surface area contributed by atoms with E-state index < -0.39 is 35.7 Å². The van der Waals surface area contributed by atoms with E-state index in [1.165, 1.54) is 12.1 Å². The third-order valence-electron chi connectivity index (χ3n) is 6.43. The summed E-state index contributed by atoms with van der Waals surface area (Å²) in [5, 5.41) is 3.57. The highest BCUT2D eigenvalue weighted by Gasteiger charge is 2.60. The first-order valence-corrected chi connectivity index (χ1v) is 11.2. The lowest BCUT2D eigenvalue weighted by atomic mass is 9.87. The molecule has 3 atom stereocenters. The van der Waals surface area contributed by atoms with Crippen molar-refractivity contribution < 1.29 is 18.8 Å². The molecule has 0 aromatic heterocycles. The molecule has 4 aromatic carbocycles. The summed E-state index contributed by atoms with van der Waals surface area (Å²) < 4.78 is 14.2. The first-order valence-electron chi connectivity index (χ1n) is 10.9. The Morgan fingerprint density at radius 3 is 2.32 bits per heavy atom. The summed E-state index contributed by atoms with van der Waals surface area (Å²) in [6.07, 6.45) is -1.03. The van der Waals surface area contributed by atoms with Gasteiger partial charge in [-0.1, -0.05) is 72.3 Å². The van der Waals surface area contributed by atoms with Gasteiger partial charge in [0.2, 0.25) is 5.91 Å². The molecular formula is C27H18ClFN2O3. The number of imide groups is 1. The second-order valence-corrected chi connectivity index (χ2v) is 8.74. The highest BCUT2D eigenvalue weighted by Crippen LogP contribution is 2.49. The summed E-state index contributed by atoms with van der Waals surface area (Å²) >= 11 is 5.81. The molecule has 0 saturated carbocycles. The summed E-state index contributed by atoms with van der Waals surface area (Å²) in [6, 6.07) is 26.5. The maximum atomic E-state index is 14.2. The smallest absolute Gasteiger partial charge is 0.266 e. The van der Waals surface area contributed by atoms with Crippen LogP contribution in [0.4, 0.5) is 15.8 Å². The maximum absolute atomic E-state index is 14.2. The van der Waals surface area contributed by atoms with Crippen LogP contribution in [0.2, 0.25) is 5.02 Å². The van der Waals surface area contributed by atoms with Crippen molar-refractivity contribution in [2.45, 2.75) is 12.1 Å². The monoisotopic (exact) mass is 472 g/mol. The SMILES string of the molecule is O=C1[C@H]2[C@H](ON(c3ccccc3)[C@H]2c2cccc3ccccc23)C(=O)N1c1ccc(Cl)c(F)c1. The Bertz CT molecular complexity index is 1440. The predicted molar refractivity (Wildman–Crippen MR) is 128 cm³/mol. The molecule has 0 spiro atoms. The van der Waals surface area contributed by atoms with Gasteiger partial charge in [-0.25, -0.2) is 14.4 Å². The fourth-order valence-corrected chi connectivity index (χ4v) is 5.03. The predicted octanol–water partition coefficient (Wildman–Crippen LogP) is 5.68. The minimum atomic E-state index is -1.03. The van der Waals surface area contributed by atoms with E-state index in [1.54, 1.807) is 5.06 Å². The second kappa shape index (κ2) is 7.94. The second-order valence-electron chi connectivity index (χ2n) is 8.34. The Labute approximate surface area is 199 Å². The standard InChI is InChI=1S/C27H18ClFN2O3/c28-21-14-13-18(15-22(21)29)30-26(32)23-24(20-12-6-8-16-7-4-5-11-19(16)20)31(34-25(23)27(30)33)17-9-2-1-3-10-17/h1-15,23-25H/t23-,24+,25+/m1/s1. The fourth-order valence-electron chi connectivity index (χ4n) is 4.92. The van der Waals surface area contributed by atoms with Gasteiger partial charge >= 0.3 is 0 Å². The van der Waals surface area contributed by atoms with Gasteiger partial charge in [-0.15, -0.1) is 0 Å². The van der Waals surface area contributed by atoms with E-state index in [2.05, 4.69) is 0 Å². The Balaban J connectivity index is 1.50. The number of benzene rings is 4. The molecule has 6 rings (SSSR count). The van der Waals surface area contributed by atoms with Crippen molar-refractivity contribution in [2.75, 3.05) is 9.96 Å². The lowest BCUT2D eigenvalue weighted by Gasteiger charge is -2.29. The Kier molecular flexibility index (Phi) is 4.86. The number of hydrogen-bond donors (Lipinski definition) is 0. The Morgan fingerprint density at radius 2 is 1.53 bits per heavy atom. The van der Waals surface area contributed by atoms with Crippen LogP contribution in [0.1, 0.15) is 11.6 Å². The van der Waals surface area contributed by atoms with Crippen molar-refractivity contribution in [3.8, 4) is 0 Å². The van der Waals surface area contributed by atoms with Crippen molar-refractivity contribution in [3.05, 3.63) is 107 Å². The number of hydroxylamine groups is 1. The van der Waals surface area contributed by atoms with Crippen LogP contribution in [0.15, 0.2) is 91.0 Å². The quantitative estimate of drug-likeness (QED) is 0.360. The van der Waals surface area contributed by atoms with E-state index in [0.717, 1.165) is 33.0 Å². The van der Waals surface area contributed by atoms with E-state index in [-0.39, 0.29) is 10.7 Å². The van der Waals surface area contributed by atoms with Crippen LogP contribution < -0.4 is 9.96 Å². The molecule has 2 fully saturated rings. The molecule has 168 valence electrons. The van der Waals surface area contributed by atoms with Gasteiger partial charge in [-0.2, -0.15) is 0 Å². The number of carbonyl (C=O) groups is 2. The lowest BCUT2D eigenvalue weighted by Crippen LogP contribution is -2.37. The van der Waals surface area contributed by atoms with Crippen molar-refractivity contribution in [3.63, 3.8) is 0 Å². The van der Waals surface area contributed by atoms with E-state index in [0.29, 0.717) is 0 Å². The molecule has 5 nitrogen and oxygen atoms in total. The normalized spacial score (nSPS) is 22.0. The number of para-hydroxylation sites is 1. The minimum Gasteiger partial charge on any atom is -0.273 e. The summed E-state index contributed by atoms with van der Waals surface area (Å²) in [4.78, 5) is 34.3. The number of amides is 2. The average Bonchev–Trinajstić information content (AvgIpc) is 3.37. The molecule has 2 saturated heterocycles. The molecule has 0 N–H and O–H groups in total. The molecule has 4 aromatic rings. The first kappa shape index (κ1) is 20.8. The zero-order chi connectivity index (χ0) is 23.4. The number of halogens is 2. The largest absolute Gasteiger partial charge is 0.273 e. The van der Waals surface area contributed by atoms with Crippen LogP contribution in [-0.4, -0.2) is 17.9 Å². The zero-order valence-electron chi connectivity index (χ0n) is 17.8. The topological polar surface area (TPSA) is 49.9 Å². The number of anilines is 2. The molecular weight excluding hydrogens is 455 g/mol. The highest BCUT2D eigenvalue weighted by atomic mass is 35.5. The number of carbonyl (C=O) groups excluding carboxylic acids is 2. The molecule has 34 heavy (non-hydrogen) atoms. The molecule has 2 aliphatic heterocycles. The maximum Gasteiger partial charge on any atom is 0.266 e. The van der Waals surface area contributed by atoms with Gasteiger partial charge in [-0.3, -0.25) is 14.4 Å². The zero-order valence-corrected chi connectivity index (χ0v) is 18.5. The van der Waals surface area contributed by atoms with Crippen molar-refractivity contribution in [2.24, 2.45) is 5.92 Å². The van der Waals surface area contributed by atoms with Gasteiger partial charge in [0.05, 0.1) is 22.4 Å². The molecule has 0 radical (unpaired) electrons. The van der Waals surface area contributed by atoms with Crippen LogP contribution in [0.5, 0.6) is 0 Å². The summed E-state index contributed by atoms with van der Waals surface area (Å²) in [5.74, 6) is -2.47.